The standard InChI is InChI=1S/C16H13FN2O2/c17-12-3-1-2-9(6-12)8-18-19-15(20)13-10-4-5-11(7-10)14(13)16(19)21/h1-6,8,10-11,13-14H,7H2/t10-,11-,13-,14+/m0/s1. The third kappa shape index (κ3) is 1.77. The SMILES string of the molecule is O=C1[C@@H]2[C@H](C(=O)N1N=Cc1cccc(F)c1)[C@H]1C=C[C@H]2C1. The minimum atomic E-state index is -0.378. The number of hydrogen-bond acceptors (Lipinski definition) is 3. The van der Waals surface area contributed by atoms with Crippen LogP contribution < -0.4 is 0 Å². The average molecular weight is 284 g/mol. The molecule has 1 saturated carbocycles. The van der Waals surface area contributed by atoms with Gasteiger partial charge in [-0.2, -0.15) is 10.1 Å². The van der Waals surface area contributed by atoms with E-state index in [4.69, 9.17) is 0 Å². The van der Waals surface area contributed by atoms with Crippen molar-refractivity contribution in [2.45, 2.75) is 6.42 Å². The van der Waals surface area contributed by atoms with Crippen LogP contribution in [0.4, 0.5) is 4.39 Å². The average Bonchev–Trinajstić information content (AvgIpc) is 3.12. The first-order valence-electron chi connectivity index (χ1n) is 7.01. The number of fused-ring (bicyclic) bond motifs is 5. The maximum absolute atomic E-state index is 13.1. The number of carbonyl (C=O) groups excluding carboxylic acids is 2. The highest BCUT2D eigenvalue weighted by Gasteiger charge is 2.59. The van der Waals surface area contributed by atoms with Crippen LogP contribution in [0, 0.1) is 29.5 Å². The molecule has 4 rings (SSSR count). The van der Waals surface area contributed by atoms with Gasteiger partial charge >= 0.3 is 0 Å². The van der Waals surface area contributed by atoms with E-state index in [1.54, 1.807) is 12.1 Å². The van der Waals surface area contributed by atoms with Crippen molar-refractivity contribution >= 4 is 18.0 Å². The van der Waals surface area contributed by atoms with E-state index in [-0.39, 0.29) is 41.3 Å². The smallest absolute Gasteiger partial charge is 0.254 e. The third-order valence-electron chi connectivity index (χ3n) is 4.62. The summed E-state index contributed by atoms with van der Waals surface area (Å²) in [5.41, 5.74) is 0.522. The minimum absolute atomic E-state index is 0.172. The first kappa shape index (κ1) is 12.4. The lowest BCUT2D eigenvalue weighted by molar-refractivity contribution is -0.140. The summed E-state index contributed by atoms with van der Waals surface area (Å²) in [6.45, 7) is 0. The monoisotopic (exact) mass is 284 g/mol. The molecule has 2 bridgehead atoms. The largest absolute Gasteiger partial charge is 0.272 e. The molecule has 0 N–H and O–H groups in total. The molecule has 2 aliphatic carbocycles. The van der Waals surface area contributed by atoms with E-state index in [9.17, 15) is 14.0 Å². The Kier molecular flexibility index (Phi) is 2.58. The molecule has 0 spiro atoms. The van der Waals surface area contributed by atoms with Crippen LogP contribution in [0.1, 0.15) is 12.0 Å². The zero-order chi connectivity index (χ0) is 14.6. The summed E-state index contributed by atoms with van der Waals surface area (Å²) in [5, 5.41) is 4.96. The third-order valence-corrected chi connectivity index (χ3v) is 4.62. The van der Waals surface area contributed by atoms with Crippen molar-refractivity contribution in [2.75, 3.05) is 0 Å². The number of benzene rings is 1. The van der Waals surface area contributed by atoms with Crippen LogP contribution in [-0.2, 0) is 9.59 Å². The van der Waals surface area contributed by atoms with Crippen LogP contribution in [0.5, 0.6) is 0 Å². The van der Waals surface area contributed by atoms with Crippen molar-refractivity contribution in [3.8, 4) is 0 Å². The first-order valence-corrected chi connectivity index (χ1v) is 7.01. The van der Waals surface area contributed by atoms with Crippen molar-refractivity contribution in [1.29, 1.82) is 0 Å². The summed E-state index contributed by atoms with van der Waals surface area (Å²) < 4.78 is 13.1. The Morgan fingerprint density at radius 1 is 1.14 bits per heavy atom. The van der Waals surface area contributed by atoms with E-state index in [2.05, 4.69) is 5.10 Å². The van der Waals surface area contributed by atoms with Crippen molar-refractivity contribution in [2.24, 2.45) is 28.8 Å². The van der Waals surface area contributed by atoms with Gasteiger partial charge in [0.05, 0.1) is 18.1 Å². The molecule has 1 aromatic rings. The van der Waals surface area contributed by atoms with E-state index in [1.807, 2.05) is 12.2 Å². The second-order valence-electron chi connectivity index (χ2n) is 5.79. The van der Waals surface area contributed by atoms with Crippen molar-refractivity contribution in [1.82, 2.24) is 5.01 Å². The number of hydrogen-bond donors (Lipinski definition) is 0. The number of amides is 2. The number of rotatable bonds is 2. The van der Waals surface area contributed by atoms with Gasteiger partial charge in [0.1, 0.15) is 5.82 Å². The topological polar surface area (TPSA) is 49.7 Å². The van der Waals surface area contributed by atoms with Crippen LogP contribution >= 0.6 is 0 Å². The summed E-state index contributed by atoms with van der Waals surface area (Å²) in [7, 11) is 0. The van der Waals surface area contributed by atoms with Crippen molar-refractivity contribution in [3.05, 3.63) is 47.8 Å². The Morgan fingerprint density at radius 2 is 1.81 bits per heavy atom. The van der Waals surface area contributed by atoms with E-state index < -0.39 is 0 Å². The molecule has 4 atom stereocenters. The predicted molar refractivity (Wildman–Crippen MR) is 73.6 cm³/mol. The van der Waals surface area contributed by atoms with Crippen molar-refractivity contribution in [3.63, 3.8) is 0 Å². The maximum Gasteiger partial charge on any atom is 0.254 e. The van der Waals surface area contributed by atoms with Gasteiger partial charge in [0.15, 0.2) is 0 Å². The first-order chi connectivity index (χ1) is 10.1. The highest BCUT2D eigenvalue weighted by Crippen LogP contribution is 2.52. The summed E-state index contributed by atoms with van der Waals surface area (Å²) >= 11 is 0. The Labute approximate surface area is 120 Å². The van der Waals surface area contributed by atoms with Crippen LogP contribution in [0.3, 0.4) is 0 Å². The van der Waals surface area contributed by atoms with Gasteiger partial charge in [-0.1, -0.05) is 24.3 Å². The second-order valence-corrected chi connectivity index (χ2v) is 5.79. The zero-order valence-electron chi connectivity index (χ0n) is 11.1. The van der Waals surface area contributed by atoms with E-state index in [0.717, 1.165) is 11.4 Å². The summed E-state index contributed by atoms with van der Waals surface area (Å²) in [4.78, 5) is 24.7. The fourth-order valence-electron chi connectivity index (χ4n) is 3.71. The van der Waals surface area contributed by atoms with Gasteiger partial charge in [-0.3, -0.25) is 9.59 Å². The number of hydrazone groups is 1. The lowest BCUT2D eigenvalue weighted by Gasteiger charge is -2.13. The molecule has 0 aromatic heterocycles. The van der Waals surface area contributed by atoms with Gasteiger partial charge in [-0.15, -0.1) is 0 Å². The highest BCUT2D eigenvalue weighted by molar-refractivity contribution is 6.06. The molecule has 4 nitrogen and oxygen atoms in total. The van der Waals surface area contributed by atoms with Gasteiger partial charge in [0.25, 0.3) is 11.8 Å². The Balaban J connectivity index is 1.60. The summed E-state index contributed by atoms with van der Waals surface area (Å²) in [5.74, 6) is -0.993. The second kappa shape index (κ2) is 4.35. The van der Waals surface area contributed by atoms with Crippen molar-refractivity contribution < 1.29 is 14.0 Å². The molecule has 2 amide bonds. The van der Waals surface area contributed by atoms with Crippen LogP contribution in [0.15, 0.2) is 41.5 Å². The van der Waals surface area contributed by atoms with Crippen LogP contribution in [0.2, 0.25) is 0 Å². The molecule has 2 fully saturated rings. The molecule has 0 radical (unpaired) electrons. The lowest BCUT2D eigenvalue weighted by Crippen LogP contribution is -2.28. The molecule has 5 heteroatoms. The zero-order valence-corrected chi connectivity index (χ0v) is 11.1. The number of halogens is 1. The lowest BCUT2D eigenvalue weighted by atomic mass is 9.85. The Bertz CT molecular complexity index is 667. The molecular weight excluding hydrogens is 271 g/mol. The number of carbonyl (C=O) groups is 2. The quantitative estimate of drug-likeness (QED) is 0.473. The predicted octanol–water partition coefficient (Wildman–Crippen LogP) is 1.97. The minimum Gasteiger partial charge on any atom is -0.272 e. The molecule has 1 saturated heterocycles. The fourth-order valence-corrected chi connectivity index (χ4v) is 3.71. The normalized spacial score (nSPS) is 33.5. The molecular formula is C16H13FN2O2. The van der Waals surface area contributed by atoms with Gasteiger partial charge in [0, 0.05) is 0 Å². The van der Waals surface area contributed by atoms with Gasteiger partial charge in [-0.25, -0.2) is 4.39 Å². The van der Waals surface area contributed by atoms with Crippen LogP contribution in [0.25, 0.3) is 0 Å². The van der Waals surface area contributed by atoms with E-state index in [1.165, 1.54) is 18.3 Å². The number of imide groups is 1. The molecule has 1 aliphatic heterocycles. The Hall–Kier alpha value is -2.30. The highest BCUT2D eigenvalue weighted by atomic mass is 19.1. The maximum atomic E-state index is 13.1. The molecule has 0 unspecified atom stereocenters. The fraction of sp³-hybridized carbons (Fsp3) is 0.312. The molecule has 106 valence electrons. The van der Waals surface area contributed by atoms with E-state index in [0.29, 0.717) is 5.56 Å². The molecule has 1 aromatic carbocycles. The van der Waals surface area contributed by atoms with Gasteiger partial charge < -0.3 is 0 Å². The molecule has 1 heterocycles. The Morgan fingerprint density at radius 3 is 2.43 bits per heavy atom. The van der Waals surface area contributed by atoms with Gasteiger partial charge in [-0.05, 0) is 36.0 Å². The summed E-state index contributed by atoms with van der Waals surface area (Å²) in [6, 6.07) is 5.87. The molecule has 3 aliphatic rings. The van der Waals surface area contributed by atoms with Crippen LogP contribution in [-0.4, -0.2) is 23.0 Å². The number of nitrogens with zero attached hydrogens (tertiary/aromatic N) is 2. The van der Waals surface area contributed by atoms with Gasteiger partial charge in [0.2, 0.25) is 0 Å². The summed E-state index contributed by atoms with van der Waals surface area (Å²) in [6.07, 6.45) is 6.33. The molecule has 21 heavy (non-hydrogen) atoms. The van der Waals surface area contributed by atoms with E-state index >= 15 is 0 Å². The number of allylic oxidation sites excluding steroid dienone is 2.